The molecule has 0 aliphatic carbocycles. The Hall–Kier alpha value is -0.470. The molecular weight excluding hydrogens is 296 g/mol. The first kappa shape index (κ1) is 15.9. The molecule has 1 N–H and O–H groups in total. The van der Waals surface area contributed by atoms with Crippen LogP contribution in [-0.4, -0.2) is 61.2 Å². The third-order valence-corrected chi connectivity index (χ3v) is 6.54. The molecule has 0 radical (unpaired) electrons. The Kier molecular flexibility index (Phi) is 5.57. The molecule has 0 bridgehead atoms. The Bertz CT molecular complexity index is 494. The van der Waals surface area contributed by atoms with E-state index in [2.05, 4.69) is 4.90 Å². The van der Waals surface area contributed by atoms with Crippen LogP contribution in [0.3, 0.4) is 0 Å². The second-order valence-electron chi connectivity index (χ2n) is 5.05. The van der Waals surface area contributed by atoms with Crippen LogP contribution < -0.4 is 0 Å². The van der Waals surface area contributed by atoms with Crippen LogP contribution in [0, 0.1) is 0 Å². The lowest BCUT2D eigenvalue weighted by atomic mass is 10.2. The van der Waals surface area contributed by atoms with E-state index >= 15 is 0 Å². The first-order valence-corrected chi connectivity index (χ1v) is 9.43. The van der Waals surface area contributed by atoms with Gasteiger partial charge >= 0.3 is 0 Å². The minimum Gasteiger partial charge on any atom is -0.386 e. The average molecular weight is 318 g/mol. The van der Waals surface area contributed by atoms with Crippen LogP contribution in [0.15, 0.2) is 17.5 Å². The summed E-state index contributed by atoms with van der Waals surface area (Å²) in [5, 5.41) is 12.1. The van der Waals surface area contributed by atoms with Gasteiger partial charge < -0.3 is 5.11 Å². The number of nitrogens with zero attached hydrogens (tertiary/aromatic N) is 2. The lowest BCUT2D eigenvalue weighted by Crippen LogP contribution is -2.50. The SMILES string of the molecule is CCCS(=O)(=O)N1CCN(C[C@H](O)c2cccs2)CC1. The van der Waals surface area contributed by atoms with Gasteiger partial charge in [-0.25, -0.2) is 8.42 Å². The zero-order chi connectivity index (χ0) is 14.6. The summed E-state index contributed by atoms with van der Waals surface area (Å²) in [6, 6.07) is 3.86. The van der Waals surface area contributed by atoms with Gasteiger partial charge in [-0.05, 0) is 17.9 Å². The van der Waals surface area contributed by atoms with E-state index in [1.165, 1.54) is 0 Å². The minimum atomic E-state index is -3.08. The van der Waals surface area contributed by atoms with Crippen molar-refractivity contribution >= 4 is 21.4 Å². The number of aliphatic hydroxyl groups excluding tert-OH is 1. The van der Waals surface area contributed by atoms with Crippen LogP contribution >= 0.6 is 11.3 Å². The molecule has 0 spiro atoms. The molecule has 0 saturated carbocycles. The fourth-order valence-electron chi connectivity index (χ4n) is 2.39. The molecule has 2 rings (SSSR count). The predicted octanol–water partition coefficient (Wildman–Crippen LogP) is 1.14. The highest BCUT2D eigenvalue weighted by atomic mass is 32.2. The maximum atomic E-state index is 12.0. The van der Waals surface area contributed by atoms with Crippen molar-refractivity contribution in [2.45, 2.75) is 19.4 Å². The fraction of sp³-hybridized carbons (Fsp3) is 0.692. The van der Waals surface area contributed by atoms with Gasteiger partial charge in [0.05, 0.1) is 5.75 Å². The van der Waals surface area contributed by atoms with Crippen LogP contribution in [0.1, 0.15) is 24.3 Å². The summed E-state index contributed by atoms with van der Waals surface area (Å²) in [6.07, 6.45) is 0.174. The van der Waals surface area contributed by atoms with Gasteiger partial charge in [0.2, 0.25) is 10.0 Å². The van der Waals surface area contributed by atoms with E-state index < -0.39 is 16.1 Å². The molecule has 1 aromatic heterocycles. The third kappa shape index (κ3) is 4.02. The Morgan fingerprint density at radius 2 is 2.05 bits per heavy atom. The summed E-state index contributed by atoms with van der Waals surface area (Å²) < 4.78 is 25.5. The molecule has 20 heavy (non-hydrogen) atoms. The Morgan fingerprint density at radius 3 is 2.60 bits per heavy atom. The molecule has 1 atom stereocenters. The van der Waals surface area contributed by atoms with Crippen molar-refractivity contribution in [2.75, 3.05) is 38.5 Å². The lowest BCUT2D eigenvalue weighted by molar-refractivity contribution is 0.0942. The molecule has 1 saturated heterocycles. The number of hydrogen-bond acceptors (Lipinski definition) is 5. The number of sulfonamides is 1. The smallest absolute Gasteiger partial charge is 0.214 e. The van der Waals surface area contributed by atoms with Gasteiger partial charge in [0.25, 0.3) is 0 Å². The molecule has 7 heteroatoms. The lowest BCUT2D eigenvalue weighted by Gasteiger charge is -2.34. The zero-order valence-corrected chi connectivity index (χ0v) is 13.4. The summed E-state index contributed by atoms with van der Waals surface area (Å²) in [7, 11) is -3.08. The van der Waals surface area contributed by atoms with E-state index in [9.17, 15) is 13.5 Å². The van der Waals surface area contributed by atoms with Crippen LogP contribution in [0.2, 0.25) is 0 Å². The number of piperazine rings is 1. The molecule has 1 aromatic rings. The van der Waals surface area contributed by atoms with Crippen molar-refractivity contribution in [3.8, 4) is 0 Å². The zero-order valence-electron chi connectivity index (χ0n) is 11.7. The van der Waals surface area contributed by atoms with E-state index in [4.69, 9.17) is 0 Å². The largest absolute Gasteiger partial charge is 0.386 e. The Morgan fingerprint density at radius 1 is 1.35 bits per heavy atom. The highest BCUT2D eigenvalue weighted by molar-refractivity contribution is 7.89. The van der Waals surface area contributed by atoms with E-state index in [1.54, 1.807) is 15.6 Å². The van der Waals surface area contributed by atoms with Gasteiger partial charge in [-0.2, -0.15) is 4.31 Å². The van der Waals surface area contributed by atoms with Crippen LogP contribution in [0.5, 0.6) is 0 Å². The summed E-state index contributed by atoms with van der Waals surface area (Å²) in [6.45, 7) is 4.88. The minimum absolute atomic E-state index is 0.227. The van der Waals surface area contributed by atoms with Gasteiger partial charge in [0, 0.05) is 37.6 Å². The Labute approximate surface area is 124 Å². The van der Waals surface area contributed by atoms with E-state index in [0.29, 0.717) is 39.1 Å². The number of thiophene rings is 1. The first-order valence-electron chi connectivity index (χ1n) is 6.94. The highest BCUT2D eigenvalue weighted by Crippen LogP contribution is 2.20. The first-order chi connectivity index (χ1) is 9.53. The number of β-amino-alcohol motifs (C(OH)–C–C–N with tert-alkyl or cyclic N) is 1. The van der Waals surface area contributed by atoms with Gasteiger partial charge in [0.1, 0.15) is 6.10 Å². The molecule has 5 nitrogen and oxygen atoms in total. The number of rotatable bonds is 6. The van der Waals surface area contributed by atoms with Gasteiger partial charge in [0.15, 0.2) is 0 Å². The van der Waals surface area contributed by atoms with Crippen molar-refractivity contribution in [3.63, 3.8) is 0 Å². The molecule has 1 aliphatic rings. The summed E-state index contributed by atoms with van der Waals surface area (Å²) in [5.74, 6) is 0.227. The molecule has 1 fully saturated rings. The van der Waals surface area contributed by atoms with E-state index in [-0.39, 0.29) is 5.75 Å². The molecule has 0 amide bonds. The quantitative estimate of drug-likeness (QED) is 0.854. The fourth-order valence-corrected chi connectivity index (χ4v) is 4.59. The maximum Gasteiger partial charge on any atom is 0.214 e. The predicted molar refractivity (Wildman–Crippen MR) is 81.4 cm³/mol. The Balaban J connectivity index is 1.83. The third-order valence-electron chi connectivity index (χ3n) is 3.49. The van der Waals surface area contributed by atoms with E-state index in [0.717, 1.165) is 4.88 Å². The number of aliphatic hydroxyl groups is 1. The van der Waals surface area contributed by atoms with Crippen LogP contribution in [0.4, 0.5) is 0 Å². The molecular formula is C13H22N2O3S2. The summed E-state index contributed by atoms with van der Waals surface area (Å²) in [5.41, 5.74) is 0. The van der Waals surface area contributed by atoms with Gasteiger partial charge in [-0.15, -0.1) is 11.3 Å². The number of hydrogen-bond donors (Lipinski definition) is 1. The van der Waals surface area contributed by atoms with Crippen molar-refractivity contribution in [1.29, 1.82) is 0 Å². The van der Waals surface area contributed by atoms with Crippen molar-refractivity contribution in [1.82, 2.24) is 9.21 Å². The molecule has 114 valence electrons. The van der Waals surface area contributed by atoms with Crippen molar-refractivity contribution < 1.29 is 13.5 Å². The maximum absolute atomic E-state index is 12.0. The van der Waals surface area contributed by atoms with E-state index in [1.807, 2.05) is 24.4 Å². The highest BCUT2D eigenvalue weighted by Gasteiger charge is 2.27. The molecule has 0 aromatic carbocycles. The summed E-state index contributed by atoms with van der Waals surface area (Å²) in [4.78, 5) is 3.09. The van der Waals surface area contributed by atoms with Gasteiger partial charge in [-0.3, -0.25) is 4.90 Å². The second-order valence-corrected chi connectivity index (χ2v) is 8.11. The average Bonchev–Trinajstić information content (AvgIpc) is 2.93. The summed E-state index contributed by atoms with van der Waals surface area (Å²) >= 11 is 1.55. The molecule has 2 heterocycles. The van der Waals surface area contributed by atoms with Crippen molar-refractivity contribution in [3.05, 3.63) is 22.4 Å². The van der Waals surface area contributed by atoms with Crippen LogP contribution in [0.25, 0.3) is 0 Å². The second kappa shape index (κ2) is 7.00. The topological polar surface area (TPSA) is 60.9 Å². The standard InChI is InChI=1S/C13H22N2O3S2/c1-2-10-20(17,18)15-7-5-14(6-8-15)11-12(16)13-4-3-9-19-13/h3-4,9,12,16H,2,5-8,10-11H2,1H3/t12-/m0/s1. The van der Waals surface area contributed by atoms with Gasteiger partial charge in [-0.1, -0.05) is 13.0 Å². The normalized spacial score (nSPS) is 20.1. The molecule has 1 aliphatic heterocycles. The monoisotopic (exact) mass is 318 g/mol. The van der Waals surface area contributed by atoms with Crippen LogP contribution in [-0.2, 0) is 10.0 Å². The van der Waals surface area contributed by atoms with Crippen molar-refractivity contribution in [2.24, 2.45) is 0 Å². The molecule has 0 unspecified atom stereocenters.